The molecule has 1 rings (SSSR count). The molecule has 0 bridgehead atoms. The second-order valence-corrected chi connectivity index (χ2v) is 5.06. The molecular formula is C12H21NO3. The number of nitrogens with zero attached hydrogens (tertiary/aromatic N) is 1. The minimum atomic E-state index is -0.598. The van der Waals surface area contributed by atoms with Crippen molar-refractivity contribution in [1.82, 2.24) is 4.90 Å². The fraction of sp³-hybridized carbons (Fsp3) is 0.833. The van der Waals surface area contributed by atoms with E-state index in [-0.39, 0.29) is 36.8 Å². The van der Waals surface area contributed by atoms with Crippen LogP contribution in [0.2, 0.25) is 0 Å². The Morgan fingerprint density at radius 1 is 1.44 bits per heavy atom. The highest BCUT2D eigenvalue weighted by molar-refractivity contribution is 6.06. The third-order valence-corrected chi connectivity index (χ3v) is 3.82. The van der Waals surface area contributed by atoms with Crippen LogP contribution < -0.4 is 0 Å². The molecule has 1 fully saturated rings. The summed E-state index contributed by atoms with van der Waals surface area (Å²) in [5.74, 6) is -0.152. The van der Waals surface area contributed by atoms with Gasteiger partial charge in [0.05, 0.1) is 18.1 Å². The summed E-state index contributed by atoms with van der Waals surface area (Å²) in [7, 11) is 0. The van der Waals surface area contributed by atoms with Gasteiger partial charge < -0.3 is 5.11 Å². The van der Waals surface area contributed by atoms with Crippen LogP contribution in [0.15, 0.2) is 0 Å². The maximum atomic E-state index is 12.2. The quantitative estimate of drug-likeness (QED) is 0.734. The van der Waals surface area contributed by atoms with Crippen LogP contribution in [-0.4, -0.2) is 34.5 Å². The van der Waals surface area contributed by atoms with Crippen LogP contribution in [0.4, 0.5) is 0 Å². The summed E-state index contributed by atoms with van der Waals surface area (Å²) in [5, 5.41) is 9.18. The first-order chi connectivity index (χ1) is 7.38. The van der Waals surface area contributed by atoms with Crippen molar-refractivity contribution in [3.05, 3.63) is 0 Å². The van der Waals surface area contributed by atoms with E-state index in [1.165, 1.54) is 4.90 Å². The van der Waals surface area contributed by atoms with Crippen LogP contribution in [0.25, 0.3) is 0 Å². The number of amides is 2. The van der Waals surface area contributed by atoms with Crippen molar-refractivity contribution in [3.8, 4) is 0 Å². The molecule has 4 heteroatoms. The standard InChI is InChI=1S/C12H21NO3/c1-5-9(7-14)13-10(15)6-12(4,8(2)3)11(13)16/h8-9,14H,5-7H2,1-4H3. The van der Waals surface area contributed by atoms with Crippen LogP contribution in [0.1, 0.15) is 40.5 Å². The van der Waals surface area contributed by atoms with E-state index in [1.807, 2.05) is 27.7 Å². The molecule has 2 atom stereocenters. The lowest BCUT2D eigenvalue weighted by molar-refractivity contribution is -0.145. The second kappa shape index (κ2) is 4.53. The van der Waals surface area contributed by atoms with E-state index >= 15 is 0 Å². The van der Waals surface area contributed by atoms with E-state index in [1.54, 1.807) is 0 Å². The molecule has 1 saturated heterocycles. The molecule has 0 radical (unpaired) electrons. The zero-order valence-corrected chi connectivity index (χ0v) is 10.5. The third kappa shape index (κ3) is 1.86. The smallest absolute Gasteiger partial charge is 0.236 e. The number of imide groups is 1. The summed E-state index contributed by atoms with van der Waals surface area (Å²) < 4.78 is 0. The Morgan fingerprint density at radius 2 is 2.00 bits per heavy atom. The van der Waals surface area contributed by atoms with Crippen molar-refractivity contribution >= 4 is 11.8 Å². The molecule has 0 aromatic rings. The third-order valence-electron chi connectivity index (χ3n) is 3.82. The van der Waals surface area contributed by atoms with Gasteiger partial charge in [-0.2, -0.15) is 0 Å². The summed E-state index contributed by atoms with van der Waals surface area (Å²) in [6.07, 6.45) is 0.863. The van der Waals surface area contributed by atoms with E-state index < -0.39 is 5.41 Å². The Morgan fingerprint density at radius 3 is 2.31 bits per heavy atom. The molecule has 2 amide bonds. The molecule has 1 aliphatic rings. The largest absolute Gasteiger partial charge is 0.394 e. The molecule has 16 heavy (non-hydrogen) atoms. The highest BCUT2D eigenvalue weighted by Gasteiger charge is 2.51. The van der Waals surface area contributed by atoms with Gasteiger partial charge in [0.25, 0.3) is 0 Å². The number of aliphatic hydroxyl groups excluding tert-OH is 1. The molecule has 1 aliphatic heterocycles. The number of hydrogen-bond donors (Lipinski definition) is 1. The summed E-state index contributed by atoms with van der Waals surface area (Å²) in [6, 6.07) is -0.361. The number of likely N-dealkylation sites (tertiary alicyclic amines) is 1. The van der Waals surface area contributed by atoms with Gasteiger partial charge in [0, 0.05) is 6.42 Å². The van der Waals surface area contributed by atoms with Gasteiger partial charge >= 0.3 is 0 Å². The molecule has 4 nitrogen and oxygen atoms in total. The van der Waals surface area contributed by atoms with Gasteiger partial charge in [-0.25, -0.2) is 0 Å². The summed E-state index contributed by atoms with van der Waals surface area (Å²) in [5.41, 5.74) is -0.598. The molecule has 2 unspecified atom stereocenters. The number of carbonyl (C=O) groups excluding carboxylic acids is 2. The molecule has 0 spiro atoms. The van der Waals surface area contributed by atoms with Crippen LogP contribution >= 0.6 is 0 Å². The van der Waals surface area contributed by atoms with Crippen LogP contribution in [0.5, 0.6) is 0 Å². The Kier molecular flexibility index (Phi) is 3.73. The molecule has 92 valence electrons. The van der Waals surface area contributed by atoms with E-state index in [0.717, 1.165) is 0 Å². The van der Waals surface area contributed by atoms with Gasteiger partial charge in [0.1, 0.15) is 0 Å². The number of aliphatic hydroxyl groups is 1. The van der Waals surface area contributed by atoms with Gasteiger partial charge in [0.15, 0.2) is 0 Å². The van der Waals surface area contributed by atoms with E-state index in [2.05, 4.69) is 0 Å². The van der Waals surface area contributed by atoms with E-state index in [9.17, 15) is 14.7 Å². The average molecular weight is 227 g/mol. The lowest BCUT2D eigenvalue weighted by atomic mass is 9.78. The fourth-order valence-electron chi connectivity index (χ4n) is 2.08. The van der Waals surface area contributed by atoms with E-state index in [0.29, 0.717) is 6.42 Å². The van der Waals surface area contributed by atoms with E-state index in [4.69, 9.17) is 0 Å². The zero-order chi connectivity index (χ0) is 12.5. The summed E-state index contributed by atoms with van der Waals surface area (Å²) in [6.45, 7) is 7.46. The molecule has 0 aromatic heterocycles. The molecule has 0 aromatic carbocycles. The van der Waals surface area contributed by atoms with Crippen molar-refractivity contribution in [2.45, 2.75) is 46.6 Å². The Labute approximate surface area is 96.6 Å². The van der Waals surface area contributed by atoms with Gasteiger partial charge in [-0.05, 0) is 19.3 Å². The Balaban J connectivity index is 2.99. The maximum absolute atomic E-state index is 12.2. The normalized spacial score (nSPS) is 28.0. The van der Waals surface area contributed by atoms with Crippen LogP contribution in [0.3, 0.4) is 0 Å². The molecular weight excluding hydrogens is 206 g/mol. The molecule has 1 heterocycles. The first-order valence-electron chi connectivity index (χ1n) is 5.85. The number of rotatable bonds is 4. The van der Waals surface area contributed by atoms with Crippen molar-refractivity contribution in [3.63, 3.8) is 0 Å². The molecule has 1 N–H and O–H groups in total. The summed E-state index contributed by atoms with van der Waals surface area (Å²) >= 11 is 0. The highest BCUT2D eigenvalue weighted by atomic mass is 16.3. The van der Waals surface area contributed by atoms with Gasteiger partial charge in [-0.15, -0.1) is 0 Å². The van der Waals surface area contributed by atoms with Crippen LogP contribution in [0, 0.1) is 11.3 Å². The summed E-state index contributed by atoms with van der Waals surface area (Å²) in [4.78, 5) is 25.4. The lowest BCUT2D eigenvalue weighted by Crippen LogP contribution is -2.44. The van der Waals surface area contributed by atoms with Crippen molar-refractivity contribution in [1.29, 1.82) is 0 Å². The molecule has 0 aliphatic carbocycles. The SMILES string of the molecule is CCC(CO)N1C(=O)CC(C)(C(C)C)C1=O. The first kappa shape index (κ1) is 13.2. The Bertz CT molecular complexity index is 297. The number of hydrogen-bond acceptors (Lipinski definition) is 3. The average Bonchev–Trinajstić information content (AvgIpc) is 2.44. The lowest BCUT2D eigenvalue weighted by Gasteiger charge is -2.29. The first-order valence-corrected chi connectivity index (χ1v) is 5.85. The monoisotopic (exact) mass is 227 g/mol. The van der Waals surface area contributed by atoms with Gasteiger partial charge in [-0.1, -0.05) is 20.8 Å². The fourth-order valence-corrected chi connectivity index (χ4v) is 2.08. The van der Waals surface area contributed by atoms with Crippen molar-refractivity contribution < 1.29 is 14.7 Å². The molecule has 0 saturated carbocycles. The minimum absolute atomic E-state index is 0.130. The van der Waals surface area contributed by atoms with Gasteiger partial charge in [0.2, 0.25) is 11.8 Å². The number of carbonyl (C=O) groups is 2. The predicted octanol–water partition coefficient (Wildman–Crippen LogP) is 1.18. The maximum Gasteiger partial charge on any atom is 0.236 e. The zero-order valence-electron chi connectivity index (χ0n) is 10.5. The topological polar surface area (TPSA) is 57.6 Å². The Hall–Kier alpha value is -0.900. The van der Waals surface area contributed by atoms with Crippen molar-refractivity contribution in [2.24, 2.45) is 11.3 Å². The van der Waals surface area contributed by atoms with Crippen molar-refractivity contribution in [2.75, 3.05) is 6.61 Å². The van der Waals surface area contributed by atoms with Gasteiger partial charge in [-0.3, -0.25) is 14.5 Å². The highest BCUT2D eigenvalue weighted by Crippen LogP contribution is 2.40. The second-order valence-electron chi connectivity index (χ2n) is 5.06. The minimum Gasteiger partial charge on any atom is -0.394 e. The predicted molar refractivity (Wildman–Crippen MR) is 60.6 cm³/mol. The van der Waals surface area contributed by atoms with Crippen LogP contribution in [-0.2, 0) is 9.59 Å².